The lowest BCUT2D eigenvalue weighted by Crippen LogP contribution is -2.40. The highest BCUT2D eigenvalue weighted by Gasteiger charge is 2.32. The van der Waals surface area contributed by atoms with Crippen LogP contribution in [0.25, 0.3) is 11.1 Å². The van der Waals surface area contributed by atoms with Crippen LogP contribution in [-0.4, -0.2) is 39.9 Å². The minimum atomic E-state index is -0.278. The number of carbonyl (C=O) groups is 2. The van der Waals surface area contributed by atoms with Crippen molar-refractivity contribution in [3.63, 3.8) is 0 Å². The highest BCUT2D eigenvalue weighted by molar-refractivity contribution is 6.06. The Hall–Kier alpha value is -2.44. The maximum atomic E-state index is 13.6. The van der Waals surface area contributed by atoms with E-state index in [0.29, 0.717) is 42.5 Å². The zero-order chi connectivity index (χ0) is 21.5. The fourth-order valence-corrected chi connectivity index (χ4v) is 4.41. The predicted octanol–water partition coefficient (Wildman–Crippen LogP) is 3.81. The first-order valence-corrected chi connectivity index (χ1v) is 11.1. The molecule has 4 rings (SSSR count). The van der Waals surface area contributed by atoms with E-state index in [1.54, 1.807) is 0 Å². The highest BCUT2D eigenvalue weighted by Crippen LogP contribution is 2.41. The van der Waals surface area contributed by atoms with Crippen LogP contribution < -0.4 is 5.73 Å². The van der Waals surface area contributed by atoms with Crippen molar-refractivity contribution in [1.29, 1.82) is 0 Å². The number of amides is 2. The molecular weight excluding hydrogens is 380 g/mol. The van der Waals surface area contributed by atoms with Gasteiger partial charge in [0.15, 0.2) is 0 Å². The molecule has 30 heavy (non-hydrogen) atoms. The Balaban J connectivity index is 1.66. The Labute approximate surface area is 177 Å². The van der Waals surface area contributed by atoms with Crippen molar-refractivity contribution >= 4 is 22.9 Å². The lowest BCUT2D eigenvalue weighted by molar-refractivity contribution is -0.118. The van der Waals surface area contributed by atoms with Crippen LogP contribution >= 0.6 is 0 Å². The van der Waals surface area contributed by atoms with Crippen LogP contribution in [0.2, 0.25) is 0 Å². The number of piperidine rings is 1. The van der Waals surface area contributed by atoms with Gasteiger partial charge in [-0.1, -0.05) is 25.9 Å². The van der Waals surface area contributed by atoms with Gasteiger partial charge in [0.2, 0.25) is 5.91 Å². The Morgan fingerprint density at radius 2 is 2.03 bits per heavy atom. The molecule has 0 radical (unpaired) electrons. The van der Waals surface area contributed by atoms with Crippen LogP contribution in [-0.2, 0) is 11.2 Å². The average Bonchev–Trinajstić information content (AvgIpc) is 3.47. The average molecular weight is 413 g/mol. The van der Waals surface area contributed by atoms with Crippen molar-refractivity contribution in [2.45, 2.75) is 71.6 Å². The number of hydrogen-bond acceptors (Lipinski definition) is 5. The molecule has 1 aliphatic carbocycles. The number of fused-ring (bicyclic) bond motifs is 1. The summed E-state index contributed by atoms with van der Waals surface area (Å²) in [6.07, 6.45) is 6.00. The Bertz CT molecular complexity index is 955. The van der Waals surface area contributed by atoms with Crippen molar-refractivity contribution in [3.05, 3.63) is 23.0 Å². The van der Waals surface area contributed by atoms with E-state index >= 15 is 0 Å². The normalized spacial score (nSPS) is 20.0. The monoisotopic (exact) mass is 412 g/mol. The molecule has 3 heterocycles. The molecule has 1 saturated heterocycles. The maximum absolute atomic E-state index is 13.6. The van der Waals surface area contributed by atoms with Crippen LogP contribution in [0, 0.1) is 11.3 Å². The van der Waals surface area contributed by atoms with Crippen molar-refractivity contribution in [1.82, 2.24) is 15.0 Å². The van der Waals surface area contributed by atoms with Gasteiger partial charge in [0.1, 0.15) is 0 Å². The molecule has 7 nitrogen and oxygen atoms in total. The summed E-state index contributed by atoms with van der Waals surface area (Å²) in [4.78, 5) is 31.4. The van der Waals surface area contributed by atoms with E-state index in [1.807, 2.05) is 11.0 Å². The van der Waals surface area contributed by atoms with Gasteiger partial charge in [-0.2, -0.15) is 0 Å². The minimum absolute atomic E-state index is 0.0181. The molecule has 2 N–H and O–H groups in total. The van der Waals surface area contributed by atoms with Gasteiger partial charge in [-0.3, -0.25) is 9.59 Å². The smallest absolute Gasteiger partial charge is 0.259 e. The largest absolute Gasteiger partial charge is 0.370 e. The lowest BCUT2D eigenvalue weighted by atomic mass is 9.88. The standard InChI is InChI=1S/C23H32N4O3/c1-23(2,3)12-18-20-16(11-17(15-7-8-15)25-21(20)30-26-18)22(29)27-10-4-5-14(13-27)6-9-19(24)28/h11,14-15H,4-10,12-13H2,1-3H3,(H2,24,28). The zero-order valence-corrected chi connectivity index (χ0v) is 18.2. The van der Waals surface area contributed by atoms with Crippen LogP contribution in [0.15, 0.2) is 10.6 Å². The van der Waals surface area contributed by atoms with Crippen LogP contribution in [0.4, 0.5) is 0 Å². The molecule has 0 aromatic carbocycles. The summed E-state index contributed by atoms with van der Waals surface area (Å²) < 4.78 is 5.59. The molecule has 1 atom stereocenters. The second kappa shape index (κ2) is 8.00. The van der Waals surface area contributed by atoms with Crippen LogP contribution in [0.5, 0.6) is 0 Å². The van der Waals surface area contributed by atoms with Gasteiger partial charge in [-0.25, -0.2) is 4.98 Å². The molecule has 1 aliphatic heterocycles. The quantitative estimate of drug-likeness (QED) is 0.777. The second-order valence-corrected chi connectivity index (χ2v) is 10.2. The van der Waals surface area contributed by atoms with E-state index in [0.717, 1.165) is 55.4 Å². The van der Waals surface area contributed by atoms with Crippen LogP contribution in [0.1, 0.15) is 87.0 Å². The second-order valence-electron chi connectivity index (χ2n) is 10.2. The van der Waals surface area contributed by atoms with Gasteiger partial charge in [0.25, 0.3) is 11.6 Å². The van der Waals surface area contributed by atoms with Gasteiger partial charge in [0.05, 0.1) is 16.6 Å². The molecule has 7 heteroatoms. The fraction of sp³-hybridized carbons (Fsp3) is 0.652. The third-order valence-electron chi connectivity index (χ3n) is 6.07. The maximum Gasteiger partial charge on any atom is 0.259 e. The number of primary amides is 1. The summed E-state index contributed by atoms with van der Waals surface area (Å²) in [6, 6.07) is 1.97. The third-order valence-corrected chi connectivity index (χ3v) is 6.07. The highest BCUT2D eigenvalue weighted by atomic mass is 16.5. The van der Waals surface area contributed by atoms with Crippen molar-refractivity contribution < 1.29 is 14.1 Å². The number of hydrogen-bond donors (Lipinski definition) is 1. The number of aromatic nitrogens is 2. The topological polar surface area (TPSA) is 102 Å². The van der Waals surface area contributed by atoms with Gasteiger partial charge in [0, 0.05) is 31.1 Å². The Morgan fingerprint density at radius 3 is 2.70 bits per heavy atom. The molecule has 2 amide bonds. The molecule has 2 aliphatic rings. The molecule has 2 aromatic rings. The number of likely N-dealkylation sites (tertiary alicyclic amines) is 1. The fourth-order valence-electron chi connectivity index (χ4n) is 4.41. The van der Waals surface area contributed by atoms with Gasteiger partial charge in [-0.05, 0) is 55.9 Å². The van der Waals surface area contributed by atoms with Gasteiger partial charge >= 0.3 is 0 Å². The number of nitrogens with zero attached hydrogens (tertiary/aromatic N) is 3. The lowest BCUT2D eigenvalue weighted by Gasteiger charge is -2.33. The Kier molecular flexibility index (Phi) is 5.55. The number of pyridine rings is 1. The van der Waals surface area contributed by atoms with Crippen LogP contribution in [0.3, 0.4) is 0 Å². The number of rotatable bonds is 6. The first-order valence-electron chi connectivity index (χ1n) is 11.1. The zero-order valence-electron chi connectivity index (χ0n) is 18.2. The molecule has 2 aromatic heterocycles. The number of carbonyl (C=O) groups excluding carboxylic acids is 2. The van der Waals surface area contributed by atoms with E-state index in [1.165, 1.54) is 0 Å². The van der Waals surface area contributed by atoms with Crippen molar-refractivity contribution in [3.8, 4) is 0 Å². The van der Waals surface area contributed by atoms with Crippen molar-refractivity contribution in [2.24, 2.45) is 17.1 Å². The SMILES string of the molecule is CC(C)(C)Cc1noc2nc(C3CC3)cc(C(=O)N3CCCC(CCC(N)=O)C3)c12. The van der Waals surface area contributed by atoms with E-state index in [9.17, 15) is 9.59 Å². The summed E-state index contributed by atoms with van der Waals surface area (Å²) >= 11 is 0. The molecule has 0 spiro atoms. The number of nitrogens with two attached hydrogens (primary N) is 1. The molecule has 2 fully saturated rings. The first-order chi connectivity index (χ1) is 14.2. The molecule has 162 valence electrons. The van der Waals surface area contributed by atoms with E-state index < -0.39 is 0 Å². The van der Waals surface area contributed by atoms with Gasteiger partial charge < -0.3 is 15.2 Å². The molecule has 1 saturated carbocycles. The summed E-state index contributed by atoms with van der Waals surface area (Å²) in [5.41, 5.74) is 8.22. The summed E-state index contributed by atoms with van der Waals surface area (Å²) in [6.45, 7) is 7.84. The predicted molar refractivity (Wildman–Crippen MR) is 114 cm³/mol. The summed E-state index contributed by atoms with van der Waals surface area (Å²) in [5, 5.41) is 5.06. The Morgan fingerprint density at radius 1 is 1.27 bits per heavy atom. The molecular formula is C23H32N4O3. The van der Waals surface area contributed by atoms with Gasteiger partial charge in [-0.15, -0.1) is 0 Å². The van der Waals surface area contributed by atoms with E-state index in [4.69, 9.17) is 10.3 Å². The summed E-state index contributed by atoms with van der Waals surface area (Å²) in [5.74, 6) is 0.472. The van der Waals surface area contributed by atoms with E-state index in [-0.39, 0.29) is 17.2 Å². The first kappa shape index (κ1) is 20.8. The summed E-state index contributed by atoms with van der Waals surface area (Å²) in [7, 11) is 0. The third kappa shape index (κ3) is 4.65. The molecule has 0 bridgehead atoms. The van der Waals surface area contributed by atoms with Crippen molar-refractivity contribution in [2.75, 3.05) is 13.1 Å². The molecule has 1 unspecified atom stereocenters. The minimum Gasteiger partial charge on any atom is -0.370 e. The van der Waals surface area contributed by atoms with E-state index in [2.05, 4.69) is 30.9 Å².